The molecule has 0 saturated heterocycles. The van der Waals surface area contributed by atoms with Crippen molar-refractivity contribution in [2.24, 2.45) is 5.92 Å². The molecule has 0 spiro atoms. The van der Waals surface area contributed by atoms with Gasteiger partial charge in [-0.15, -0.1) is 0 Å². The summed E-state index contributed by atoms with van der Waals surface area (Å²) in [6, 6.07) is 6.03. The highest BCUT2D eigenvalue weighted by Gasteiger charge is 2.36. The van der Waals surface area contributed by atoms with Crippen molar-refractivity contribution in [3.63, 3.8) is 0 Å². The van der Waals surface area contributed by atoms with Crippen molar-refractivity contribution in [3.05, 3.63) is 52.0 Å². The number of rotatable bonds is 4. The number of carbonyl (C=O) groups is 1. The Morgan fingerprint density at radius 2 is 2.08 bits per heavy atom. The van der Waals surface area contributed by atoms with Crippen molar-refractivity contribution >= 4 is 23.0 Å². The molecule has 0 saturated carbocycles. The lowest BCUT2D eigenvalue weighted by Crippen LogP contribution is -2.11. The summed E-state index contributed by atoms with van der Waals surface area (Å²) in [6.45, 7) is 3.92. The first-order valence-electron chi connectivity index (χ1n) is 7.96. The van der Waals surface area contributed by atoms with Crippen molar-refractivity contribution in [3.8, 4) is 11.8 Å². The van der Waals surface area contributed by atoms with E-state index in [0.29, 0.717) is 22.8 Å². The lowest BCUT2D eigenvalue weighted by atomic mass is 9.91. The predicted molar refractivity (Wildman–Crippen MR) is 95.3 cm³/mol. The second-order valence-electron chi connectivity index (χ2n) is 6.19. The number of Topliss-reactive ketones (excluding diaryl/α,β-unsaturated/α-hetero) is 1. The number of allylic oxidation sites excluding steroid dienone is 2. The molecule has 0 N–H and O–H groups in total. The number of aromatic nitrogens is 2. The molecular formula is C19H18ClN3O2. The highest BCUT2D eigenvalue weighted by atomic mass is 35.5. The van der Waals surface area contributed by atoms with Gasteiger partial charge in [-0.05, 0) is 42.7 Å². The van der Waals surface area contributed by atoms with E-state index in [9.17, 15) is 4.79 Å². The van der Waals surface area contributed by atoms with E-state index >= 15 is 0 Å². The Bertz CT molecular complexity index is 898. The third-order valence-electron chi connectivity index (χ3n) is 4.49. The van der Waals surface area contributed by atoms with Gasteiger partial charge in [-0.1, -0.05) is 11.6 Å². The van der Waals surface area contributed by atoms with Gasteiger partial charge in [-0.25, -0.2) is 4.68 Å². The van der Waals surface area contributed by atoms with Gasteiger partial charge in [0.15, 0.2) is 5.78 Å². The minimum atomic E-state index is -0.321. The zero-order valence-corrected chi connectivity index (χ0v) is 15.1. The normalized spacial score (nSPS) is 17.1. The molecule has 0 aliphatic heterocycles. The average Bonchev–Trinajstić information content (AvgIpc) is 3.13. The number of ketones is 1. The maximum absolute atomic E-state index is 12.8. The van der Waals surface area contributed by atoms with E-state index in [2.05, 4.69) is 11.2 Å². The van der Waals surface area contributed by atoms with Crippen LogP contribution in [0.25, 0.3) is 11.3 Å². The summed E-state index contributed by atoms with van der Waals surface area (Å²) in [7, 11) is 1.57. The largest absolute Gasteiger partial charge is 0.500 e. The number of hydrogen-bond acceptors (Lipinski definition) is 4. The molecule has 6 heteroatoms. The molecule has 1 heterocycles. The van der Waals surface area contributed by atoms with Gasteiger partial charge in [0, 0.05) is 25.0 Å². The summed E-state index contributed by atoms with van der Waals surface area (Å²) in [5.41, 5.74) is 4.27. The zero-order chi connectivity index (χ0) is 18.1. The number of aryl methyl sites for hydroxylation is 2. The molecule has 128 valence electrons. The number of nitriles is 1. The lowest BCUT2D eigenvalue weighted by Gasteiger charge is -2.15. The molecule has 0 fully saturated rings. The van der Waals surface area contributed by atoms with Gasteiger partial charge in [0.1, 0.15) is 5.76 Å². The summed E-state index contributed by atoms with van der Waals surface area (Å²) in [5.74, 6) is 0.323. The Kier molecular flexibility index (Phi) is 4.65. The summed E-state index contributed by atoms with van der Waals surface area (Å²) >= 11 is 5.95. The van der Waals surface area contributed by atoms with Gasteiger partial charge in [0.2, 0.25) is 0 Å². The first-order chi connectivity index (χ1) is 12.0. The Morgan fingerprint density at radius 3 is 2.60 bits per heavy atom. The summed E-state index contributed by atoms with van der Waals surface area (Å²) < 4.78 is 7.17. The van der Waals surface area contributed by atoms with Gasteiger partial charge < -0.3 is 4.74 Å². The molecule has 25 heavy (non-hydrogen) atoms. The number of nitrogens with zero attached hydrogens (tertiary/aromatic N) is 3. The number of benzene rings is 1. The SMILES string of the molecule is COC1=C(c2c(C)cc(-n3cc(Cl)cn3)cc2C)C(=O)C(CC#N)C1. The van der Waals surface area contributed by atoms with Gasteiger partial charge in [0.05, 0.1) is 35.7 Å². The molecule has 3 rings (SSSR count). The van der Waals surface area contributed by atoms with Crippen LogP contribution in [0.4, 0.5) is 0 Å². The molecule has 1 aliphatic carbocycles. The second-order valence-corrected chi connectivity index (χ2v) is 6.62. The standard InChI is InChI=1S/C19H18ClN3O2/c1-11-6-15(23-10-14(20)9-22-23)7-12(2)17(11)18-16(25-3)8-13(4-5-21)19(18)24/h6-7,9-10,13H,4,8H2,1-3H3. The fourth-order valence-electron chi connectivity index (χ4n) is 3.39. The molecule has 5 nitrogen and oxygen atoms in total. The number of ether oxygens (including phenoxy) is 1. The minimum absolute atomic E-state index is 0.0144. The molecular weight excluding hydrogens is 338 g/mol. The van der Waals surface area contributed by atoms with Crippen LogP contribution in [0.2, 0.25) is 5.02 Å². The number of hydrogen-bond donors (Lipinski definition) is 0. The van der Waals surface area contributed by atoms with Gasteiger partial charge in [0.25, 0.3) is 0 Å². The monoisotopic (exact) mass is 355 g/mol. The van der Waals surface area contributed by atoms with E-state index < -0.39 is 0 Å². The van der Waals surface area contributed by atoms with Gasteiger partial charge in [-0.3, -0.25) is 4.79 Å². The highest BCUT2D eigenvalue weighted by Crippen LogP contribution is 2.39. The third-order valence-corrected chi connectivity index (χ3v) is 4.69. The Morgan fingerprint density at radius 1 is 1.40 bits per heavy atom. The van der Waals surface area contributed by atoms with Crippen LogP contribution in [-0.2, 0) is 9.53 Å². The third kappa shape index (κ3) is 3.06. The number of halogens is 1. The second kappa shape index (κ2) is 6.73. The van der Waals surface area contributed by atoms with E-state index in [1.165, 1.54) is 0 Å². The fraction of sp³-hybridized carbons (Fsp3) is 0.316. The molecule has 1 atom stereocenters. The van der Waals surface area contributed by atoms with Crippen molar-refractivity contribution < 1.29 is 9.53 Å². The quantitative estimate of drug-likeness (QED) is 0.831. The maximum Gasteiger partial charge on any atom is 0.171 e. The Balaban J connectivity index is 2.08. The Hall–Kier alpha value is -2.58. The van der Waals surface area contributed by atoms with Crippen LogP contribution in [0.15, 0.2) is 30.3 Å². The number of methoxy groups -OCH3 is 1. The van der Waals surface area contributed by atoms with E-state index in [1.807, 2.05) is 26.0 Å². The van der Waals surface area contributed by atoms with E-state index in [-0.39, 0.29) is 18.1 Å². The van der Waals surface area contributed by atoms with Crippen LogP contribution < -0.4 is 0 Å². The molecule has 1 aliphatic rings. The van der Waals surface area contributed by atoms with Crippen LogP contribution in [0, 0.1) is 31.1 Å². The summed E-state index contributed by atoms with van der Waals surface area (Å²) in [5, 5.41) is 13.7. The van der Waals surface area contributed by atoms with Crippen LogP contribution in [0.5, 0.6) is 0 Å². The first kappa shape index (κ1) is 17.2. The molecule has 1 unspecified atom stereocenters. The maximum atomic E-state index is 12.8. The van der Waals surface area contributed by atoms with Crippen LogP contribution in [-0.4, -0.2) is 22.7 Å². The summed E-state index contributed by atoms with van der Waals surface area (Å²) in [4.78, 5) is 12.8. The van der Waals surface area contributed by atoms with Crippen LogP contribution >= 0.6 is 11.6 Å². The average molecular weight is 356 g/mol. The zero-order valence-electron chi connectivity index (χ0n) is 14.3. The van der Waals surface area contributed by atoms with E-state index in [0.717, 1.165) is 22.4 Å². The molecule has 0 radical (unpaired) electrons. The lowest BCUT2D eigenvalue weighted by molar-refractivity contribution is -0.116. The molecule has 1 aromatic heterocycles. The predicted octanol–water partition coefficient (Wildman–Crippen LogP) is 4.00. The van der Waals surface area contributed by atoms with Crippen LogP contribution in [0.1, 0.15) is 29.5 Å². The molecule has 0 amide bonds. The smallest absolute Gasteiger partial charge is 0.171 e. The molecule has 2 aromatic rings. The van der Waals surface area contributed by atoms with Crippen molar-refractivity contribution in [1.82, 2.24) is 9.78 Å². The van der Waals surface area contributed by atoms with Gasteiger partial charge >= 0.3 is 0 Å². The van der Waals surface area contributed by atoms with Crippen LogP contribution in [0.3, 0.4) is 0 Å². The Labute approximate surface area is 151 Å². The van der Waals surface area contributed by atoms with Gasteiger partial charge in [-0.2, -0.15) is 10.4 Å². The minimum Gasteiger partial charge on any atom is -0.500 e. The van der Waals surface area contributed by atoms with Crippen molar-refractivity contribution in [2.75, 3.05) is 7.11 Å². The van der Waals surface area contributed by atoms with E-state index in [1.54, 1.807) is 24.2 Å². The number of carbonyl (C=O) groups excluding carboxylic acids is 1. The topological polar surface area (TPSA) is 67.9 Å². The highest BCUT2D eigenvalue weighted by molar-refractivity contribution is 6.30. The van der Waals surface area contributed by atoms with Crippen molar-refractivity contribution in [1.29, 1.82) is 5.26 Å². The molecule has 0 bridgehead atoms. The van der Waals surface area contributed by atoms with Crippen molar-refractivity contribution in [2.45, 2.75) is 26.7 Å². The summed E-state index contributed by atoms with van der Waals surface area (Å²) in [6.07, 6.45) is 4.00. The fourth-order valence-corrected chi connectivity index (χ4v) is 3.53. The van der Waals surface area contributed by atoms with E-state index in [4.69, 9.17) is 21.6 Å². The molecule has 1 aromatic carbocycles. The first-order valence-corrected chi connectivity index (χ1v) is 8.34.